The van der Waals surface area contributed by atoms with Crippen LogP contribution < -0.4 is 5.32 Å². The minimum Gasteiger partial charge on any atom is -0.314 e. The monoisotopic (exact) mass is 313 g/mol. The van der Waals surface area contributed by atoms with E-state index in [0.717, 1.165) is 31.2 Å². The van der Waals surface area contributed by atoms with Crippen LogP contribution in [-0.4, -0.2) is 55.1 Å². The molecule has 2 heterocycles. The number of nitrogens with zero attached hydrogens (tertiary/aromatic N) is 2. The zero-order valence-corrected chi connectivity index (χ0v) is 13.3. The Kier molecular flexibility index (Phi) is 4.53. The molecular formula is C15H21Cl2N3. The molecule has 0 spiro atoms. The second-order valence-corrected chi connectivity index (χ2v) is 6.58. The number of nitrogens with one attached hydrogen (secondary N) is 1. The summed E-state index contributed by atoms with van der Waals surface area (Å²) in [4.78, 5) is 5.09. The molecule has 1 aromatic rings. The molecule has 0 radical (unpaired) electrons. The third kappa shape index (κ3) is 2.97. The van der Waals surface area contributed by atoms with Gasteiger partial charge in [0, 0.05) is 61.4 Å². The van der Waals surface area contributed by atoms with Crippen molar-refractivity contribution < 1.29 is 0 Å². The molecule has 3 rings (SSSR count). The van der Waals surface area contributed by atoms with E-state index in [9.17, 15) is 0 Å². The highest BCUT2D eigenvalue weighted by atomic mass is 35.5. The summed E-state index contributed by atoms with van der Waals surface area (Å²) < 4.78 is 0. The van der Waals surface area contributed by atoms with Gasteiger partial charge in [-0.3, -0.25) is 9.80 Å². The molecule has 2 fully saturated rings. The Bertz CT molecular complexity index is 468. The molecule has 0 saturated carbocycles. The van der Waals surface area contributed by atoms with E-state index in [-0.39, 0.29) is 0 Å². The van der Waals surface area contributed by atoms with E-state index >= 15 is 0 Å². The van der Waals surface area contributed by atoms with E-state index in [2.05, 4.69) is 22.0 Å². The number of benzene rings is 1. The Morgan fingerprint density at radius 2 is 1.90 bits per heavy atom. The van der Waals surface area contributed by atoms with Crippen molar-refractivity contribution in [3.8, 4) is 0 Å². The van der Waals surface area contributed by atoms with Gasteiger partial charge in [0.1, 0.15) is 0 Å². The van der Waals surface area contributed by atoms with Crippen LogP contribution in [0, 0.1) is 0 Å². The Balaban J connectivity index is 1.58. The van der Waals surface area contributed by atoms with Crippen molar-refractivity contribution in [3.05, 3.63) is 33.8 Å². The van der Waals surface area contributed by atoms with Gasteiger partial charge in [0.15, 0.2) is 0 Å². The van der Waals surface area contributed by atoms with Crippen LogP contribution in [0.15, 0.2) is 18.2 Å². The predicted molar refractivity (Wildman–Crippen MR) is 84.7 cm³/mol. The highest BCUT2D eigenvalue weighted by Gasteiger charge is 2.35. The first-order chi connectivity index (χ1) is 9.65. The fourth-order valence-corrected chi connectivity index (χ4v) is 3.69. The van der Waals surface area contributed by atoms with Crippen molar-refractivity contribution in [2.45, 2.75) is 19.0 Å². The first kappa shape index (κ1) is 14.6. The highest BCUT2D eigenvalue weighted by Crippen LogP contribution is 2.33. The molecule has 110 valence electrons. The first-order valence-corrected chi connectivity index (χ1v) is 8.04. The van der Waals surface area contributed by atoms with Gasteiger partial charge in [-0.15, -0.1) is 0 Å². The van der Waals surface area contributed by atoms with Crippen molar-refractivity contribution >= 4 is 23.2 Å². The first-order valence-electron chi connectivity index (χ1n) is 7.29. The lowest BCUT2D eigenvalue weighted by atomic mass is 9.99. The molecular weight excluding hydrogens is 293 g/mol. The largest absolute Gasteiger partial charge is 0.314 e. The average molecular weight is 314 g/mol. The standard InChI is InChI=1S/C15H21Cl2N3/c1-11(14-3-2-12(16)8-15(14)17)20-9-13(10-20)19-6-4-18-5-7-19/h2-3,8,11,13,18H,4-7,9-10H2,1H3. The summed E-state index contributed by atoms with van der Waals surface area (Å²) in [5, 5.41) is 4.88. The van der Waals surface area contributed by atoms with Crippen molar-refractivity contribution in [3.63, 3.8) is 0 Å². The number of halogens is 2. The Labute approximate surface area is 130 Å². The molecule has 1 N–H and O–H groups in total. The van der Waals surface area contributed by atoms with E-state index in [0.29, 0.717) is 17.1 Å². The van der Waals surface area contributed by atoms with Crippen LogP contribution in [0.2, 0.25) is 10.0 Å². The van der Waals surface area contributed by atoms with Crippen molar-refractivity contribution in [2.24, 2.45) is 0 Å². The van der Waals surface area contributed by atoms with Gasteiger partial charge in [-0.1, -0.05) is 29.3 Å². The summed E-state index contributed by atoms with van der Waals surface area (Å²) in [7, 11) is 0. The summed E-state index contributed by atoms with van der Waals surface area (Å²) >= 11 is 12.3. The molecule has 0 bridgehead atoms. The van der Waals surface area contributed by atoms with Gasteiger partial charge in [-0.05, 0) is 24.6 Å². The van der Waals surface area contributed by atoms with E-state index in [1.807, 2.05) is 18.2 Å². The third-order valence-electron chi connectivity index (χ3n) is 4.52. The maximum Gasteiger partial charge on any atom is 0.0468 e. The molecule has 1 atom stereocenters. The molecule has 1 unspecified atom stereocenters. The van der Waals surface area contributed by atoms with Crippen LogP contribution in [0.1, 0.15) is 18.5 Å². The number of piperazine rings is 1. The second-order valence-electron chi connectivity index (χ2n) is 5.74. The quantitative estimate of drug-likeness (QED) is 0.925. The van der Waals surface area contributed by atoms with Crippen LogP contribution in [0.3, 0.4) is 0 Å². The molecule has 2 aliphatic rings. The number of hydrogen-bond acceptors (Lipinski definition) is 3. The summed E-state index contributed by atoms with van der Waals surface area (Å²) in [5.74, 6) is 0. The maximum atomic E-state index is 6.30. The van der Waals surface area contributed by atoms with Crippen LogP contribution in [-0.2, 0) is 0 Å². The van der Waals surface area contributed by atoms with Crippen molar-refractivity contribution in [2.75, 3.05) is 39.3 Å². The molecule has 2 saturated heterocycles. The molecule has 0 amide bonds. The average Bonchev–Trinajstić information content (AvgIpc) is 2.38. The van der Waals surface area contributed by atoms with Crippen LogP contribution >= 0.6 is 23.2 Å². The van der Waals surface area contributed by atoms with Gasteiger partial charge < -0.3 is 5.32 Å². The molecule has 0 aliphatic carbocycles. The molecule has 20 heavy (non-hydrogen) atoms. The number of hydrogen-bond donors (Lipinski definition) is 1. The van der Waals surface area contributed by atoms with Crippen LogP contribution in [0.5, 0.6) is 0 Å². The maximum absolute atomic E-state index is 6.30. The highest BCUT2D eigenvalue weighted by molar-refractivity contribution is 6.35. The summed E-state index contributed by atoms with van der Waals surface area (Å²) in [6.07, 6.45) is 0. The summed E-state index contributed by atoms with van der Waals surface area (Å²) in [5.41, 5.74) is 1.18. The van der Waals surface area contributed by atoms with Gasteiger partial charge in [-0.2, -0.15) is 0 Å². The topological polar surface area (TPSA) is 18.5 Å². The van der Waals surface area contributed by atoms with Gasteiger partial charge in [-0.25, -0.2) is 0 Å². The Morgan fingerprint density at radius 3 is 2.55 bits per heavy atom. The normalized spacial score (nSPS) is 23.6. The zero-order valence-electron chi connectivity index (χ0n) is 11.8. The Hall–Kier alpha value is -0.320. The zero-order chi connectivity index (χ0) is 14.1. The van der Waals surface area contributed by atoms with Gasteiger partial charge in [0.25, 0.3) is 0 Å². The molecule has 1 aromatic carbocycles. The lowest BCUT2D eigenvalue weighted by Gasteiger charge is -2.49. The van der Waals surface area contributed by atoms with E-state index in [1.54, 1.807) is 0 Å². The minimum absolute atomic E-state index is 0.360. The second kappa shape index (κ2) is 6.20. The Morgan fingerprint density at radius 1 is 1.20 bits per heavy atom. The lowest BCUT2D eigenvalue weighted by molar-refractivity contribution is 0.00350. The smallest absolute Gasteiger partial charge is 0.0468 e. The van der Waals surface area contributed by atoms with Crippen LogP contribution in [0.25, 0.3) is 0 Å². The van der Waals surface area contributed by atoms with Crippen LogP contribution in [0.4, 0.5) is 0 Å². The predicted octanol–water partition coefficient (Wildman–Crippen LogP) is 2.64. The summed E-state index contributed by atoms with van der Waals surface area (Å²) in [6.45, 7) is 9.09. The SMILES string of the molecule is CC(c1ccc(Cl)cc1Cl)N1CC(N2CCNCC2)C1. The molecule has 0 aromatic heterocycles. The van der Waals surface area contributed by atoms with Gasteiger partial charge >= 0.3 is 0 Å². The fourth-order valence-electron chi connectivity index (χ4n) is 3.12. The fraction of sp³-hybridized carbons (Fsp3) is 0.600. The van der Waals surface area contributed by atoms with E-state index in [4.69, 9.17) is 23.2 Å². The van der Waals surface area contributed by atoms with Gasteiger partial charge in [0.2, 0.25) is 0 Å². The lowest BCUT2D eigenvalue weighted by Crippen LogP contribution is -2.62. The van der Waals surface area contributed by atoms with E-state index in [1.165, 1.54) is 18.7 Å². The molecule has 5 heteroatoms. The van der Waals surface area contributed by atoms with E-state index < -0.39 is 0 Å². The number of likely N-dealkylation sites (tertiary alicyclic amines) is 1. The van der Waals surface area contributed by atoms with Crippen molar-refractivity contribution in [1.29, 1.82) is 0 Å². The van der Waals surface area contributed by atoms with Crippen molar-refractivity contribution in [1.82, 2.24) is 15.1 Å². The van der Waals surface area contributed by atoms with Gasteiger partial charge in [0.05, 0.1) is 0 Å². The number of rotatable bonds is 3. The third-order valence-corrected chi connectivity index (χ3v) is 5.08. The minimum atomic E-state index is 0.360. The summed E-state index contributed by atoms with van der Waals surface area (Å²) in [6, 6.07) is 6.88. The molecule has 2 aliphatic heterocycles. The molecule has 3 nitrogen and oxygen atoms in total.